The van der Waals surface area contributed by atoms with Gasteiger partial charge in [0.05, 0.1) is 12.5 Å². The fraction of sp³-hybridized carbons (Fsp3) is 0.333. The summed E-state index contributed by atoms with van der Waals surface area (Å²) in [7, 11) is 1.45. The molecular formula is C12H14N2O4. The summed E-state index contributed by atoms with van der Waals surface area (Å²) in [5.74, 6) is -0.554. The molecule has 6 heteroatoms. The van der Waals surface area contributed by atoms with Crippen molar-refractivity contribution in [1.82, 2.24) is 10.2 Å². The number of carbonyl (C=O) groups excluding carboxylic acids is 2. The number of aromatic hydroxyl groups is 2. The van der Waals surface area contributed by atoms with Gasteiger partial charge in [-0.1, -0.05) is 6.07 Å². The molecule has 0 aromatic heterocycles. The Morgan fingerprint density at radius 1 is 1.39 bits per heavy atom. The average Bonchev–Trinajstić information content (AvgIpc) is 2.56. The molecule has 0 radical (unpaired) electrons. The Balaban J connectivity index is 2.00. The molecule has 18 heavy (non-hydrogen) atoms. The molecule has 1 unspecified atom stereocenters. The minimum absolute atomic E-state index is 0.0249. The van der Waals surface area contributed by atoms with Gasteiger partial charge in [-0.2, -0.15) is 0 Å². The molecule has 1 heterocycles. The molecule has 3 N–H and O–H groups in total. The van der Waals surface area contributed by atoms with Gasteiger partial charge in [-0.15, -0.1) is 0 Å². The number of amides is 2. The SMILES string of the molecule is CN1C(=O)CC(NCc2ccc(O)cc2O)C1=O. The zero-order chi connectivity index (χ0) is 13.3. The van der Waals surface area contributed by atoms with Gasteiger partial charge in [0.15, 0.2) is 0 Å². The normalized spacial score (nSPS) is 19.6. The lowest BCUT2D eigenvalue weighted by Crippen LogP contribution is -2.36. The van der Waals surface area contributed by atoms with Gasteiger partial charge in [0.25, 0.3) is 0 Å². The minimum atomic E-state index is -0.546. The van der Waals surface area contributed by atoms with E-state index in [0.29, 0.717) is 5.56 Å². The molecule has 2 rings (SSSR count). The highest BCUT2D eigenvalue weighted by Crippen LogP contribution is 2.22. The van der Waals surface area contributed by atoms with Crippen molar-refractivity contribution in [3.8, 4) is 11.5 Å². The first-order valence-corrected chi connectivity index (χ1v) is 5.53. The number of nitrogens with zero attached hydrogens (tertiary/aromatic N) is 1. The maximum absolute atomic E-state index is 11.6. The molecule has 0 spiro atoms. The molecule has 1 aromatic rings. The van der Waals surface area contributed by atoms with Crippen molar-refractivity contribution >= 4 is 11.8 Å². The molecule has 0 saturated carbocycles. The topological polar surface area (TPSA) is 89.9 Å². The summed E-state index contributed by atoms with van der Waals surface area (Å²) in [5.41, 5.74) is 0.558. The van der Waals surface area contributed by atoms with Gasteiger partial charge < -0.3 is 15.5 Å². The van der Waals surface area contributed by atoms with Crippen LogP contribution in [0.25, 0.3) is 0 Å². The Hall–Kier alpha value is -2.08. The number of phenols is 2. The highest BCUT2D eigenvalue weighted by Gasteiger charge is 2.35. The van der Waals surface area contributed by atoms with Crippen LogP contribution in [0.1, 0.15) is 12.0 Å². The van der Waals surface area contributed by atoms with E-state index in [1.807, 2.05) is 0 Å². The summed E-state index contributed by atoms with van der Waals surface area (Å²) in [5, 5.41) is 21.6. The van der Waals surface area contributed by atoms with E-state index in [-0.39, 0.29) is 36.3 Å². The summed E-state index contributed by atoms with van der Waals surface area (Å²) in [4.78, 5) is 24.0. The van der Waals surface area contributed by atoms with Crippen molar-refractivity contribution in [2.75, 3.05) is 7.05 Å². The molecule has 0 bridgehead atoms. The van der Waals surface area contributed by atoms with Crippen LogP contribution in [-0.2, 0) is 16.1 Å². The van der Waals surface area contributed by atoms with Crippen LogP contribution >= 0.6 is 0 Å². The number of phenolic OH excluding ortho intramolecular Hbond substituents is 2. The first-order valence-electron chi connectivity index (χ1n) is 5.53. The van der Waals surface area contributed by atoms with Crippen LogP contribution < -0.4 is 5.32 Å². The van der Waals surface area contributed by atoms with Crippen LogP contribution in [0.15, 0.2) is 18.2 Å². The van der Waals surface area contributed by atoms with Crippen LogP contribution in [0.5, 0.6) is 11.5 Å². The summed E-state index contributed by atoms with van der Waals surface area (Å²) >= 11 is 0. The second-order valence-corrected chi connectivity index (χ2v) is 4.24. The van der Waals surface area contributed by atoms with Crippen LogP contribution in [0.2, 0.25) is 0 Å². The van der Waals surface area contributed by atoms with Crippen molar-refractivity contribution in [1.29, 1.82) is 0 Å². The van der Waals surface area contributed by atoms with E-state index in [1.54, 1.807) is 6.07 Å². The van der Waals surface area contributed by atoms with Crippen LogP contribution in [-0.4, -0.2) is 40.0 Å². The Bertz CT molecular complexity index is 501. The third-order valence-corrected chi connectivity index (χ3v) is 2.99. The second kappa shape index (κ2) is 4.66. The van der Waals surface area contributed by atoms with E-state index in [0.717, 1.165) is 4.90 Å². The van der Waals surface area contributed by atoms with Crippen molar-refractivity contribution in [2.24, 2.45) is 0 Å². The minimum Gasteiger partial charge on any atom is -0.508 e. The summed E-state index contributed by atoms with van der Waals surface area (Å²) in [6, 6.07) is 3.69. The largest absolute Gasteiger partial charge is 0.508 e. The predicted octanol–water partition coefficient (Wildman–Crippen LogP) is -0.0553. The lowest BCUT2D eigenvalue weighted by molar-refractivity contribution is -0.137. The zero-order valence-corrected chi connectivity index (χ0v) is 9.88. The van der Waals surface area contributed by atoms with Gasteiger partial charge in [-0.3, -0.25) is 14.5 Å². The van der Waals surface area contributed by atoms with Crippen molar-refractivity contribution in [3.63, 3.8) is 0 Å². The lowest BCUT2D eigenvalue weighted by atomic mass is 10.1. The van der Waals surface area contributed by atoms with E-state index >= 15 is 0 Å². The van der Waals surface area contributed by atoms with Gasteiger partial charge in [-0.05, 0) is 6.07 Å². The second-order valence-electron chi connectivity index (χ2n) is 4.24. The van der Waals surface area contributed by atoms with E-state index < -0.39 is 6.04 Å². The highest BCUT2D eigenvalue weighted by atomic mass is 16.3. The number of imide groups is 1. The Morgan fingerprint density at radius 2 is 2.11 bits per heavy atom. The number of likely N-dealkylation sites (N-methyl/N-ethyl adjacent to an activating group) is 1. The van der Waals surface area contributed by atoms with Gasteiger partial charge in [0, 0.05) is 25.2 Å². The quantitative estimate of drug-likeness (QED) is 0.654. The van der Waals surface area contributed by atoms with Crippen molar-refractivity contribution < 1.29 is 19.8 Å². The molecule has 6 nitrogen and oxygen atoms in total. The van der Waals surface area contributed by atoms with Gasteiger partial charge in [0.1, 0.15) is 11.5 Å². The Morgan fingerprint density at radius 3 is 2.67 bits per heavy atom. The zero-order valence-electron chi connectivity index (χ0n) is 9.88. The predicted molar refractivity (Wildman–Crippen MR) is 62.8 cm³/mol. The lowest BCUT2D eigenvalue weighted by Gasteiger charge is -2.11. The number of hydrogen-bond acceptors (Lipinski definition) is 5. The molecule has 1 aromatic carbocycles. The molecule has 1 atom stereocenters. The smallest absolute Gasteiger partial charge is 0.246 e. The van der Waals surface area contributed by atoms with E-state index in [4.69, 9.17) is 5.11 Å². The number of hydrogen-bond donors (Lipinski definition) is 3. The standard InChI is InChI=1S/C12H14N2O4/c1-14-11(17)5-9(12(14)18)13-6-7-2-3-8(15)4-10(7)16/h2-4,9,13,15-16H,5-6H2,1H3. The van der Waals surface area contributed by atoms with E-state index in [9.17, 15) is 14.7 Å². The maximum Gasteiger partial charge on any atom is 0.246 e. The van der Waals surface area contributed by atoms with Gasteiger partial charge >= 0.3 is 0 Å². The van der Waals surface area contributed by atoms with E-state index in [2.05, 4.69) is 5.32 Å². The third kappa shape index (κ3) is 2.28. The summed E-state index contributed by atoms with van der Waals surface area (Å²) < 4.78 is 0. The van der Waals surface area contributed by atoms with Gasteiger partial charge in [0.2, 0.25) is 11.8 Å². The number of rotatable bonds is 3. The number of benzene rings is 1. The fourth-order valence-corrected chi connectivity index (χ4v) is 1.85. The molecule has 2 amide bonds. The number of carbonyl (C=O) groups is 2. The molecule has 1 fully saturated rings. The molecule has 0 aliphatic carbocycles. The summed E-state index contributed by atoms with van der Waals surface area (Å²) in [6.45, 7) is 0.254. The first-order chi connectivity index (χ1) is 8.49. The molecular weight excluding hydrogens is 236 g/mol. The molecule has 1 saturated heterocycles. The van der Waals surface area contributed by atoms with Crippen LogP contribution in [0.4, 0.5) is 0 Å². The van der Waals surface area contributed by atoms with Crippen LogP contribution in [0, 0.1) is 0 Å². The van der Waals surface area contributed by atoms with Gasteiger partial charge in [-0.25, -0.2) is 0 Å². The summed E-state index contributed by atoms with van der Waals surface area (Å²) in [6.07, 6.45) is 0.133. The average molecular weight is 250 g/mol. The van der Waals surface area contributed by atoms with Crippen molar-refractivity contribution in [2.45, 2.75) is 19.0 Å². The third-order valence-electron chi connectivity index (χ3n) is 2.99. The van der Waals surface area contributed by atoms with Crippen molar-refractivity contribution in [3.05, 3.63) is 23.8 Å². The monoisotopic (exact) mass is 250 g/mol. The molecule has 1 aliphatic rings. The Labute approximate surface area is 104 Å². The van der Waals surface area contributed by atoms with Crippen LogP contribution in [0.3, 0.4) is 0 Å². The first kappa shape index (κ1) is 12.4. The highest BCUT2D eigenvalue weighted by molar-refractivity contribution is 6.05. The molecule has 1 aliphatic heterocycles. The Kier molecular flexibility index (Phi) is 3.20. The fourth-order valence-electron chi connectivity index (χ4n) is 1.85. The number of likely N-dealkylation sites (tertiary alicyclic amines) is 1. The molecule has 96 valence electrons. The number of nitrogens with one attached hydrogen (secondary N) is 1. The van der Waals surface area contributed by atoms with E-state index in [1.165, 1.54) is 19.2 Å². The maximum atomic E-state index is 11.6.